The summed E-state index contributed by atoms with van der Waals surface area (Å²) in [7, 11) is 0. The first-order chi connectivity index (χ1) is 11.7. The maximum Gasteiger partial charge on any atom is 0.317 e. The first-order valence-electron chi connectivity index (χ1n) is 9.15. The molecule has 0 spiro atoms. The summed E-state index contributed by atoms with van der Waals surface area (Å²) in [5.41, 5.74) is 1.20. The normalized spacial score (nSPS) is 23.4. The topological polar surface area (TPSA) is 32.3 Å². The minimum atomic E-state index is 0.127. The summed E-state index contributed by atoms with van der Waals surface area (Å²) in [6, 6.07) is 8.58. The summed E-state index contributed by atoms with van der Waals surface area (Å²) in [5.74, 6) is 0.966. The zero-order chi connectivity index (χ0) is 16.8. The molecule has 1 aliphatic heterocycles. The molecule has 0 aromatic heterocycles. The van der Waals surface area contributed by atoms with Gasteiger partial charge < -0.3 is 10.2 Å². The van der Waals surface area contributed by atoms with Gasteiger partial charge in [-0.25, -0.2) is 4.79 Å². The number of nitrogens with zero attached hydrogens (tertiary/aromatic N) is 1. The lowest BCUT2D eigenvalue weighted by atomic mass is 10.1. The zero-order valence-electron chi connectivity index (χ0n) is 14.2. The Kier molecular flexibility index (Phi) is 6.73. The van der Waals surface area contributed by atoms with Crippen LogP contribution in [-0.4, -0.2) is 35.8 Å². The summed E-state index contributed by atoms with van der Waals surface area (Å²) in [4.78, 5) is 14.6. The van der Waals surface area contributed by atoms with Gasteiger partial charge in [0.2, 0.25) is 0 Å². The fraction of sp³-hybridized carbons (Fsp3) is 0.632. The SMILES string of the molecule is O=C(NC1CCCCCC1)N1CCSC(c2ccccc2Cl)CC1. The van der Waals surface area contributed by atoms with Crippen molar-refractivity contribution < 1.29 is 4.79 Å². The maximum atomic E-state index is 12.6. The average Bonchev–Trinajstić information content (AvgIpc) is 2.98. The van der Waals surface area contributed by atoms with Gasteiger partial charge in [0.15, 0.2) is 0 Å². The summed E-state index contributed by atoms with van der Waals surface area (Å²) in [6.07, 6.45) is 8.35. The largest absolute Gasteiger partial charge is 0.335 e. The number of halogens is 1. The van der Waals surface area contributed by atoms with Crippen molar-refractivity contribution in [1.29, 1.82) is 0 Å². The number of hydrogen-bond donors (Lipinski definition) is 1. The smallest absolute Gasteiger partial charge is 0.317 e. The highest BCUT2D eigenvalue weighted by Gasteiger charge is 2.24. The Hall–Kier alpha value is -0.870. The Morgan fingerprint density at radius 3 is 2.58 bits per heavy atom. The maximum absolute atomic E-state index is 12.6. The van der Waals surface area contributed by atoms with Crippen molar-refractivity contribution in [3.63, 3.8) is 0 Å². The molecule has 132 valence electrons. The molecule has 24 heavy (non-hydrogen) atoms. The third-order valence-corrected chi connectivity index (χ3v) is 6.72. The first-order valence-corrected chi connectivity index (χ1v) is 10.6. The number of carbonyl (C=O) groups is 1. The van der Waals surface area contributed by atoms with E-state index in [0.717, 1.165) is 43.1 Å². The lowest BCUT2D eigenvalue weighted by molar-refractivity contribution is 0.195. The van der Waals surface area contributed by atoms with Gasteiger partial charge >= 0.3 is 6.03 Å². The lowest BCUT2D eigenvalue weighted by Gasteiger charge is -2.24. The van der Waals surface area contributed by atoms with E-state index in [1.807, 2.05) is 34.9 Å². The summed E-state index contributed by atoms with van der Waals surface area (Å²) in [5, 5.41) is 4.50. The molecule has 1 aromatic rings. The van der Waals surface area contributed by atoms with Gasteiger partial charge in [0.1, 0.15) is 0 Å². The van der Waals surface area contributed by atoms with E-state index in [1.165, 1.54) is 31.2 Å². The molecule has 1 unspecified atom stereocenters. The second kappa shape index (κ2) is 9.00. The van der Waals surface area contributed by atoms with Gasteiger partial charge in [-0.05, 0) is 30.9 Å². The molecule has 0 radical (unpaired) electrons. The van der Waals surface area contributed by atoms with Crippen LogP contribution in [0.4, 0.5) is 4.79 Å². The predicted octanol–water partition coefficient (Wildman–Crippen LogP) is 5.25. The van der Waals surface area contributed by atoms with Gasteiger partial charge in [0, 0.05) is 35.2 Å². The Morgan fingerprint density at radius 1 is 1.08 bits per heavy atom. The second-order valence-electron chi connectivity index (χ2n) is 6.79. The minimum Gasteiger partial charge on any atom is -0.335 e. The minimum absolute atomic E-state index is 0.127. The number of hydrogen-bond acceptors (Lipinski definition) is 2. The van der Waals surface area contributed by atoms with Crippen LogP contribution >= 0.6 is 23.4 Å². The molecule has 2 fully saturated rings. The number of benzene rings is 1. The third kappa shape index (κ3) is 4.82. The van der Waals surface area contributed by atoms with Gasteiger partial charge in [-0.1, -0.05) is 55.5 Å². The molecule has 3 rings (SSSR count). The van der Waals surface area contributed by atoms with E-state index < -0.39 is 0 Å². The molecule has 1 N–H and O–H groups in total. The molecular weight excluding hydrogens is 340 g/mol. The van der Waals surface area contributed by atoms with Crippen LogP contribution < -0.4 is 5.32 Å². The Bertz CT molecular complexity index is 546. The number of thioether (sulfide) groups is 1. The quantitative estimate of drug-likeness (QED) is 0.724. The highest BCUT2D eigenvalue weighted by Crippen LogP contribution is 2.37. The van der Waals surface area contributed by atoms with Crippen molar-refractivity contribution in [2.75, 3.05) is 18.8 Å². The van der Waals surface area contributed by atoms with E-state index in [9.17, 15) is 4.79 Å². The molecule has 5 heteroatoms. The Labute approximate surface area is 154 Å². The number of carbonyl (C=O) groups excluding carboxylic acids is 1. The zero-order valence-corrected chi connectivity index (χ0v) is 15.7. The molecule has 0 bridgehead atoms. The van der Waals surface area contributed by atoms with Crippen molar-refractivity contribution in [2.45, 2.75) is 56.2 Å². The number of amides is 2. The Morgan fingerprint density at radius 2 is 1.83 bits per heavy atom. The molecule has 2 amide bonds. The van der Waals surface area contributed by atoms with Crippen molar-refractivity contribution in [3.05, 3.63) is 34.9 Å². The van der Waals surface area contributed by atoms with E-state index in [2.05, 4.69) is 11.4 Å². The van der Waals surface area contributed by atoms with Crippen LogP contribution in [0.1, 0.15) is 55.8 Å². The van der Waals surface area contributed by atoms with Crippen molar-refractivity contribution >= 4 is 29.4 Å². The molecule has 1 saturated carbocycles. The van der Waals surface area contributed by atoms with Gasteiger partial charge in [-0.2, -0.15) is 11.8 Å². The molecule has 2 aliphatic rings. The van der Waals surface area contributed by atoms with Crippen LogP contribution in [-0.2, 0) is 0 Å². The van der Waals surface area contributed by atoms with Gasteiger partial charge in [0.25, 0.3) is 0 Å². The van der Waals surface area contributed by atoms with Gasteiger partial charge in [-0.3, -0.25) is 0 Å². The molecule has 1 aromatic carbocycles. The predicted molar refractivity (Wildman–Crippen MR) is 103 cm³/mol. The van der Waals surface area contributed by atoms with Crippen molar-refractivity contribution in [1.82, 2.24) is 10.2 Å². The van der Waals surface area contributed by atoms with Gasteiger partial charge in [-0.15, -0.1) is 0 Å². The lowest BCUT2D eigenvalue weighted by Crippen LogP contribution is -2.45. The molecule has 1 saturated heterocycles. The standard InChI is InChI=1S/C19H27ClN2OS/c20-17-10-6-5-9-16(17)18-11-12-22(13-14-24-18)19(23)21-15-7-3-1-2-4-8-15/h5-6,9-10,15,18H,1-4,7-8,11-14H2,(H,21,23). The molecule has 1 atom stereocenters. The van der Waals surface area contributed by atoms with E-state index in [1.54, 1.807) is 0 Å². The monoisotopic (exact) mass is 366 g/mol. The van der Waals surface area contributed by atoms with Crippen LogP contribution in [0, 0.1) is 0 Å². The summed E-state index contributed by atoms with van der Waals surface area (Å²) >= 11 is 8.26. The average molecular weight is 367 g/mol. The summed E-state index contributed by atoms with van der Waals surface area (Å²) < 4.78 is 0. The van der Waals surface area contributed by atoms with Gasteiger partial charge in [0.05, 0.1) is 0 Å². The fourth-order valence-electron chi connectivity index (χ4n) is 3.65. The fourth-order valence-corrected chi connectivity index (χ4v) is 5.25. The van der Waals surface area contributed by atoms with Crippen molar-refractivity contribution in [3.8, 4) is 0 Å². The number of nitrogens with one attached hydrogen (secondary N) is 1. The third-order valence-electron chi connectivity index (χ3n) is 5.06. The van der Waals surface area contributed by atoms with E-state index in [0.29, 0.717) is 11.3 Å². The highest BCUT2D eigenvalue weighted by molar-refractivity contribution is 7.99. The van der Waals surface area contributed by atoms with Crippen LogP contribution in [0.15, 0.2) is 24.3 Å². The Balaban J connectivity index is 1.55. The highest BCUT2D eigenvalue weighted by atomic mass is 35.5. The molecule has 1 heterocycles. The molecule has 1 aliphatic carbocycles. The summed E-state index contributed by atoms with van der Waals surface area (Å²) in [6.45, 7) is 1.63. The van der Waals surface area contributed by atoms with E-state index in [-0.39, 0.29) is 6.03 Å². The van der Waals surface area contributed by atoms with Crippen LogP contribution in [0.5, 0.6) is 0 Å². The van der Waals surface area contributed by atoms with Crippen LogP contribution in [0.2, 0.25) is 5.02 Å². The molecular formula is C19H27ClN2OS. The van der Waals surface area contributed by atoms with E-state index >= 15 is 0 Å². The number of urea groups is 1. The second-order valence-corrected chi connectivity index (χ2v) is 8.51. The van der Waals surface area contributed by atoms with E-state index in [4.69, 9.17) is 11.6 Å². The number of rotatable bonds is 2. The van der Waals surface area contributed by atoms with Crippen molar-refractivity contribution in [2.24, 2.45) is 0 Å². The van der Waals surface area contributed by atoms with Crippen LogP contribution in [0.3, 0.4) is 0 Å². The molecule has 3 nitrogen and oxygen atoms in total. The van der Waals surface area contributed by atoms with Crippen LogP contribution in [0.25, 0.3) is 0 Å². The first kappa shape index (κ1) is 17.9.